The zero-order valence-corrected chi connectivity index (χ0v) is 22.5. The van der Waals surface area contributed by atoms with Gasteiger partial charge in [0.25, 0.3) is 0 Å². The first-order chi connectivity index (χ1) is 12.5. The Morgan fingerprint density at radius 3 is 1.68 bits per heavy atom. The van der Waals surface area contributed by atoms with Crippen molar-refractivity contribution in [3.63, 3.8) is 0 Å². The van der Waals surface area contributed by atoms with Gasteiger partial charge in [-0.05, 0) is 38.1 Å². The van der Waals surface area contributed by atoms with Crippen LogP contribution in [0, 0.1) is 0 Å². The molecule has 0 heterocycles. The van der Waals surface area contributed by atoms with Crippen LogP contribution in [0.5, 0.6) is 0 Å². The predicted octanol–water partition coefficient (Wildman–Crippen LogP) is 7.30. The minimum atomic E-state index is -5.42. The zero-order chi connectivity index (χ0) is 21.7. The van der Waals surface area contributed by atoms with Crippen LogP contribution in [-0.2, 0) is 0 Å². The molecule has 1 amide bonds. The van der Waals surface area contributed by atoms with Crippen LogP contribution >= 0.6 is 53.0 Å². The van der Waals surface area contributed by atoms with Gasteiger partial charge in [-0.15, -0.1) is 0 Å². The molecule has 0 aliphatic heterocycles. The fourth-order valence-electron chi connectivity index (χ4n) is 2.07. The molecule has 0 aliphatic rings. The van der Waals surface area contributed by atoms with Gasteiger partial charge in [-0.3, -0.25) is 0 Å². The third-order valence-electron chi connectivity index (χ3n) is 3.27. The molecule has 0 fully saturated rings. The number of benzene rings is 2. The van der Waals surface area contributed by atoms with Gasteiger partial charge in [0.2, 0.25) is 6.34 Å². The summed E-state index contributed by atoms with van der Waals surface area (Å²) in [5.74, 6) is 0.00776. The normalized spacial score (nSPS) is 14.4. The Balaban J connectivity index is 0.000000480. The Kier molecular flexibility index (Phi) is 8.90. The summed E-state index contributed by atoms with van der Waals surface area (Å²) in [5, 5.41) is 0. The van der Waals surface area contributed by atoms with Crippen LogP contribution in [-0.4, -0.2) is 44.0 Å². The van der Waals surface area contributed by atoms with Crippen molar-refractivity contribution >= 4 is 80.0 Å². The molecule has 2 aromatic rings. The average molecular weight is 616 g/mol. The van der Waals surface area contributed by atoms with Crippen molar-refractivity contribution in [3.8, 4) is 0 Å². The van der Waals surface area contributed by atoms with Crippen LogP contribution in [0.1, 0.15) is 24.2 Å². The number of amides is 1. The third-order valence-corrected chi connectivity index (χ3v) is 3.27. The SMILES string of the molecule is CC(C)N(C=[N+](C)c1ccccc1)C(=O)c1ccccc1.[Cl][Sb-]([Cl])([Cl])([Cl])([Cl])[Cl]. The molecule has 2 rings (SSSR count). The maximum absolute atomic E-state index is 12.6. The topological polar surface area (TPSA) is 23.3 Å². The fraction of sp³-hybridized carbons (Fsp3) is 0.222. The predicted molar refractivity (Wildman–Crippen MR) is 127 cm³/mol. The van der Waals surface area contributed by atoms with Crippen LogP contribution in [0.2, 0.25) is 0 Å². The molecule has 0 saturated carbocycles. The second-order valence-electron chi connectivity index (χ2n) is 6.19. The average Bonchev–Trinajstić information content (AvgIpc) is 2.57. The Morgan fingerprint density at radius 2 is 1.29 bits per heavy atom. The summed E-state index contributed by atoms with van der Waals surface area (Å²) in [4.78, 5) is 14.4. The number of carbonyl (C=O) groups excluding carboxylic acids is 1. The Hall–Kier alpha value is 0.138. The van der Waals surface area contributed by atoms with E-state index in [1.54, 1.807) is 4.90 Å². The molecule has 28 heavy (non-hydrogen) atoms. The van der Waals surface area contributed by atoms with Crippen LogP contribution < -0.4 is 0 Å². The van der Waals surface area contributed by atoms with Gasteiger partial charge in [-0.1, -0.05) is 36.4 Å². The van der Waals surface area contributed by atoms with Crippen molar-refractivity contribution in [1.82, 2.24) is 4.90 Å². The van der Waals surface area contributed by atoms with Crippen LogP contribution in [0.4, 0.5) is 5.69 Å². The minimum absolute atomic E-state index is 0.00776. The molecule has 0 radical (unpaired) electrons. The first-order valence-corrected chi connectivity index (χ1v) is 27.5. The summed E-state index contributed by atoms with van der Waals surface area (Å²) in [6, 6.07) is 19.4. The first-order valence-electron chi connectivity index (χ1n) is 8.11. The van der Waals surface area contributed by atoms with Gasteiger partial charge in [-0.2, -0.15) is 4.90 Å². The summed E-state index contributed by atoms with van der Waals surface area (Å²) in [5.41, 5.74) is 1.74. The van der Waals surface area contributed by atoms with Crippen molar-refractivity contribution in [2.75, 3.05) is 7.05 Å². The van der Waals surface area contributed by atoms with E-state index in [0.29, 0.717) is 5.56 Å². The molecule has 156 valence electrons. The molecule has 0 unspecified atom stereocenters. The second-order valence-corrected chi connectivity index (χ2v) is 63.1. The zero-order valence-electron chi connectivity index (χ0n) is 15.4. The monoisotopic (exact) mass is 612 g/mol. The number of hydrogen-bond donors (Lipinski definition) is 0. The van der Waals surface area contributed by atoms with E-state index < -0.39 is 9.14 Å². The first kappa shape index (κ1) is 26.2. The van der Waals surface area contributed by atoms with Crippen LogP contribution in [0.15, 0.2) is 60.7 Å². The molecule has 0 bridgehead atoms. The van der Waals surface area contributed by atoms with E-state index in [2.05, 4.69) is 0 Å². The van der Waals surface area contributed by atoms with Crippen molar-refractivity contribution in [3.05, 3.63) is 66.2 Å². The summed E-state index contributed by atoms with van der Waals surface area (Å²) in [6.45, 7) is 4.02. The number of halogens is 6. The molecular weight excluding hydrogens is 595 g/mol. The molecule has 3 nitrogen and oxygen atoms in total. The summed E-state index contributed by atoms with van der Waals surface area (Å²) >= 11 is 0. The van der Waals surface area contributed by atoms with Crippen LogP contribution in [0.3, 0.4) is 0 Å². The van der Waals surface area contributed by atoms with Gasteiger partial charge in [0, 0.05) is 0 Å². The molecule has 10 heteroatoms. The number of carbonyl (C=O) groups is 1. The summed E-state index contributed by atoms with van der Waals surface area (Å²) < 4.78 is 1.96. The van der Waals surface area contributed by atoms with E-state index in [1.165, 1.54) is 0 Å². The van der Waals surface area contributed by atoms with Crippen molar-refractivity contribution in [2.24, 2.45) is 0 Å². The van der Waals surface area contributed by atoms with Crippen LogP contribution in [0.25, 0.3) is 0 Å². The number of rotatable bonds is 4. The summed E-state index contributed by atoms with van der Waals surface area (Å²) in [7, 11) is 26.9. The van der Waals surface area contributed by atoms with Crippen molar-refractivity contribution in [1.29, 1.82) is 0 Å². The Bertz CT molecular complexity index is 810. The molecule has 0 aromatic heterocycles. The van der Waals surface area contributed by atoms with Gasteiger partial charge in [0.1, 0.15) is 5.69 Å². The summed E-state index contributed by atoms with van der Waals surface area (Å²) in [6.07, 6.45) is 1.86. The Labute approximate surface area is 185 Å². The van der Waals surface area contributed by atoms with E-state index in [0.717, 1.165) is 5.69 Å². The molecule has 0 saturated heterocycles. The maximum atomic E-state index is 12.6. The quantitative estimate of drug-likeness (QED) is 0.153. The number of para-hydroxylation sites is 1. The number of nitrogens with zero attached hydrogens (tertiary/aromatic N) is 2. The second kappa shape index (κ2) is 9.52. The molecule has 0 atom stereocenters. The van der Waals surface area contributed by atoms with Gasteiger partial charge >= 0.3 is 68.0 Å². The standard InChI is InChI=1S/C18H21N2O.6ClH.Sb/c1-15(2)20(18(21)16-10-6-4-7-11-16)14-19(3)17-12-8-5-9-13-17;;;;;;;/h4-15H,1-3H3;6*1H;/q+1;;;;;;;+5/p-6. The van der Waals surface area contributed by atoms with Crippen molar-refractivity contribution in [2.45, 2.75) is 19.9 Å². The van der Waals surface area contributed by atoms with Gasteiger partial charge in [0.15, 0.2) is 0 Å². The van der Waals surface area contributed by atoms with Gasteiger partial charge in [-0.25, -0.2) is 9.37 Å². The molecular formula is C18H21Cl6N2OSb. The van der Waals surface area contributed by atoms with E-state index in [-0.39, 0.29) is 11.9 Å². The molecule has 0 spiro atoms. The van der Waals surface area contributed by atoms with Gasteiger partial charge < -0.3 is 0 Å². The van der Waals surface area contributed by atoms with Crippen molar-refractivity contribution < 1.29 is 9.37 Å². The van der Waals surface area contributed by atoms with E-state index in [9.17, 15) is 4.79 Å². The fourth-order valence-corrected chi connectivity index (χ4v) is 2.07. The van der Waals surface area contributed by atoms with E-state index in [4.69, 9.17) is 53.0 Å². The molecule has 0 aliphatic carbocycles. The number of hydrogen-bond acceptors (Lipinski definition) is 1. The molecule has 0 N–H and O–H groups in total. The Morgan fingerprint density at radius 1 is 0.893 bits per heavy atom. The van der Waals surface area contributed by atoms with Gasteiger partial charge in [0.05, 0.1) is 18.7 Å². The molecule has 2 aromatic carbocycles. The van der Waals surface area contributed by atoms with E-state index >= 15 is 0 Å². The third kappa shape index (κ3) is 12.6. The van der Waals surface area contributed by atoms with E-state index in [1.807, 2.05) is 92.5 Å².